The van der Waals surface area contributed by atoms with Gasteiger partial charge in [0.15, 0.2) is 0 Å². The summed E-state index contributed by atoms with van der Waals surface area (Å²) >= 11 is 0. The highest BCUT2D eigenvalue weighted by atomic mass is 16.5. The van der Waals surface area contributed by atoms with Gasteiger partial charge in [-0.15, -0.1) is 0 Å². The molecule has 0 aromatic rings. The van der Waals surface area contributed by atoms with Crippen LogP contribution < -0.4 is 0 Å². The molecule has 0 aliphatic carbocycles. The quantitative estimate of drug-likeness (QED) is 0.545. The zero-order valence-corrected chi connectivity index (χ0v) is 8.53. The van der Waals surface area contributed by atoms with Gasteiger partial charge >= 0.3 is 11.9 Å². The van der Waals surface area contributed by atoms with Gasteiger partial charge in [0.05, 0.1) is 11.3 Å². The Morgan fingerprint density at radius 2 is 2.07 bits per heavy atom. The molecule has 4 heteroatoms. The molecule has 0 aliphatic rings. The van der Waals surface area contributed by atoms with Crippen LogP contribution in [0.3, 0.4) is 0 Å². The van der Waals surface area contributed by atoms with Gasteiger partial charge in [-0.25, -0.2) is 0 Å². The molecule has 0 radical (unpaired) electrons. The number of hydrogen-bond acceptors (Lipinski definition) is 3. The lowest BCUT2D eigenvalue weighted by Gasteiger charge is -2.21. The van der Waals surface area contributed by atoms with Crippen molar-refractivity contribution < 1.29 is 19.4 Å². The highest BCUT2D eigenvalue weighted by Crippen LogP contribution is 2.26. The van der Waals surface area contributed by atoms with Gasteiger partial charge in [0.2, 0.25) is 0 Å². The lowest BCUT2D eigenvalue weighted by atomic mass is 9.83. The van der Waals surface area contributed by atoms with Gasteiger partial charge in [0.25, 0.3) is 0 Å². The van der Waals surface area contributed by atoms with Gasteiger partial charge in [0.1, 0.15) is 6.11 Å². The second-order valence-electron chi connectivity index (χ2n) is 3.83. The van der Waals surface area contributed by atoms with Gasteiger partial charge in [-0.05, 0) is 20.3 Å². The molecular weight excluding hydrogens is 184 g/mol. The third kappa shape index (κ3) is 3.48. The minimum atomic E-state index is -0.951. The van der Waals surface area contributed by atoms with Crippen molar-refractivity contribution in [3.8, 4) is 12.5 Å². The Bertz CT molecular complexity index is 272. The van der Waals surface area contributed by atoms with Crippen LogP contribution in [-0.4, -0.2) is 17.0 Å². The maximum absolute atomic E-state index is 11.1. The van der Waals surface area contributed by atoms with E-state index in [9.17, 15) is 9.59 Å². The predicted octanol–water partition coefficient (Wildman–Crippen LogP) is 1.26. The smallest absolute Gasteiger partial charge is 0.322 e. The SMILES string of the molecule is C#COC(=O)C(C)CC(C)(C)C(=O)O. The van der Waals surface area contributed by atoms with E-state index in [2.05, 4.69) is 4.74 Å². The molecule has 0 aromatic carbocycles. The summed E-state index contributed by atoms with van der Waals surface area (Å²) in [5.74, 6) is -2.03. The Balaban J connectivity index is 4.33. The van der Waals surface area contributed by atoms with E-state index in [4.69, 9.17) is 11.5 Å². The largest absolute Gasteiger partial charge is 0.481 e. The molecule has 0 saturated carbocycles. The van der Waals surface area contributed by atoms with Crippen molar-refractivity contribution in [1.29, 1.82) is 0 Å². The second kappa shape index (κ2) is 4.66. The van der Waals surface area contributed by atoms with Crippen LogP contribution in [0.15, 0.2) is 0 Å². The number of rotatable bonds is 4. The van der Waals surface area contributed by atoms with E-state index in [1.807, 2.05) is 0 Å². The molecule has 0 aromatic heterocycles. The van der Waals surface area contributed by atoms with Crippen LogP contribution in [0.2, 0.25) is 0 Å². The zero-order valence-electron chi connectivity index (χ0n) is 8.53. The molecule has 78 valence electrons. The Morgan fingerprint density at radius 1 is 1.57 bits per heavy atom. The lowest BCUT2D eigenvalue weighted by molar-refractivity contribution is -0.150. The Morgan fingerprint density at radius 3 is 2.43 bits per heavy atom. The molecular formula is C10H14O4. The van der Waals surface area contributed by atoms with Crippen LogP contribution in [0, 0.1) is 23.9 Å². The van der Waals surface area contributed by atoms with Crippen molar-refractivity contribution in [3.63, 3.8) is 0 Å². The monoisotopic (exact) mass is 198 g/mol. The molecule has 0 saturated heterocycles. The first-order valence-corrected chi connectivity index (χ1v) is 4.21. The summed E-state index contributed by atoms with van der Waals surface area (Å²) in [6, 6.07) is 0. The normalized spacial score (nSPS) is 12.7. The first kappa shape index (κ1) is 12.5. The molecule has 0 heterocycles. The third-order valence-corrected chi connectivity index (χ3v) is 1.96. The molecule has 0 amide bonds. The molecule has 4 nitrogen and oxygen atoms in total. The Hall–Kier alpha value is -1.50. The number of hydrogen-bond donors (Lipinski definition) is 1. The van der Waals surface area contributed by atoms with Gasteiger partial charge in [-0.3, -0.25) is 9.59 Å². The van der Waals surface area contributed by atoms with Crippen LogP contribution in [-0.2, 0) is 14.3 Å². The Kier molecular flexibility index (Phi) is 4.16. The van der Waals surface area contributed by atoms with Gasteiger partial charge in [0, 0.05) is 0 Å². The lowest BCUT2D eigenvalue weighted by Crippen LogP contribution is -2.29. The third-order valence-electron chi connectivity index (χ3n) is 1.96. The van der Waals surface area contributed by atoms with Crippen LogP contribution in [0.1, 0.15) is 27.2 Å². The number of carbonyl (C=O) groups is 2. The van der Waals surface area contributed by atoms with Crippen molar-refractivity contribution in [2.24, 2.45) is 11.3 Å². The Labute approximate surface area is 83.3 Å². The van der Waals surface area contributed by atoms with E-state index >= 15 is 0 Å². The molecule has 14 heavy (non-hydrogen) atoms. The summed E-state index contributed by atoms with van der Waals surface area (Å²) in [6.45, 7) is 4.69. The van der Waals surface area contributed by atoms with Gasteiger partial charge < -0.3 is 9.84 Å². The minimum absolute atomic E-state index is 0.197. The fourth-order valence-corrected chi connectivity index (χ4v) is 1.09. The van der Waals surface area contributed by atoms with E-state index in [1.165, 1.54) is 0 Å². The van der Waals surface area contributed by atoms with Gasteiger partial charge in [-0.2, -0.15) is 0 Å². The number of ether oxygens (including phenoxy) is 1. The maximum Gasteiger partial charge on any atom is 0.322 e. The summed E-state index contributed by atoms with van der Waals surface area (Å²) in [6.07, 6.45) is 6.75. The summed E-state index contributed by atoms with van der Waals surface area (Å²) < 4.78 is 4.33. The standard InChI is InChI=1S/C10H14O4/c1-5-14-8(11)7(2)6-10(3,4)9(12)13/h1,7H,6H2,2-4H3,(H,12,13). The molecule has 1 atom stereocenters. The van der Waals surface area contributed by atoms with Crippen LogP contribution >= 0.6 is 0 Å². The number of aliphatic carboxylic acids is 1. The second-order valence-corrected chi connectivity index (χ2v) is 3.83. The number of carboxylic acid groups (broad SMARTS) is 1. The first-order chi connectivity index (χ1) is 6.31. The highest BCUT2D eigenvalue weighted by Gasteiger charge is 2.32. The van der Waals surface area contributed by atoms with Gasteiger partial charge in [-0.1, -0.05) is 13.3 Å². The zero-order chi connectivity index (χ0) is 11.4. The summed E-state index contributed by atoms with van der Waals surface area (Å²) in [5.41, 5.74) is -0.951. The van der Waals surface area contributed by atoms with Crippen LogP contribution in [0.4, 0.5) is 0 Å². The van der Waals surface area contributed by atoms with E-state index in [-0.39, 0.29) is 6.42 Å². The number of carboxylic acids is 1. The number of terminal acetylenes is 1. The fraction of sp³-hybridized carbons (Fsp3) is 0.600. The summed E-state index contributed by atoms with van der Waals surface area (Å²) in [7, 11) is 0. The number of esters is 1. The average molecular weight is 198 g/mol. The van der Waals surface area contributed by atoms with Crippen molar-refractivity contribution in [2.45, 2.75) is 27.2 Å². The molecule has 0 bridgehead atoms. The highest BCUT2D eigenvalue weighted by molar-refractivity contribution is 5.77. The predicted molar refractivity (Wildman–Crippen MR) is 50.1 cm³/mol. The van der Waals surface area contributed by atoms with E-state index in [0.717, 1.165) is 0 Å². The molecule has 1 N–H and O–H groups in total. The van der Waals surface area contributed by atoms with E-state index < -0.39 is 23.3 Å². The maximum atomic E-state index is 11.1. The van der Waals surface area contributed by atoms with Crippen LogP contribution in [0.5, 0.6) is 0 Å². The minimum Gasteiger partial charge on any atom is -0.481 e. The molecule has 0 aliphatic heterocycles. The summed E-state index contributed by atoms with van der Waals surface area (Å²) in [5, 5.41) is 8.81. The molecule has 0 spiro atoms. The molecule has 0 rings (SSSR count). The molecule has 0 fully saturated rings. The van der Waals surface area contributed by atoms with E-state index in [1.54, 1.807) is 26.9 Å². The molecule has 1 unspecified atom stereocenters. The van der Waals surface area contributed by atoms with E-state index in [0.29, 0.717) is 0 Å². The summed E-state index contributed by atoms with van der Waals surface area (Å²) in [4.78, 5) is 21.8. The first-order valence-electron chi connectivity index (χ1n) is 4.21. The van der Waals surface area contributed by atoms with Crippen molar-refractivity contribution >= 4 is 11.9 Å². The topological polar surface area (TPSA) is 63.6 Å². The van der Waals surface area contributed by atoms with Crippen molar-refractivity contribution in [3.05, 3.63) is 0 Å². The van der Waals surface area contributed by atoms with Crippen molar-refractivity contribution in [1.82, 2.24) is 0 Å². The fourth-order valence-electron chi connectivity index (χ4n) is 1.09. The number of carbonyl (C=O) groups excluding carboxylic acids is 1. The van der Waals surface area contributed by atoms with Crippen LogP contribution in [0.25, 0.3) is 0 Å². The van der Waals surface area contributed by atoms with Crippen molar-refractivity contribution in [2.75, 3.05) is 0 Å². The average Bonchev–Trinajstić information content (AvgIpc) is 2.03.